The molecule has 0 bridgehead atoms. The molecule has 2 fully saturated rings. The Kier molecular flexibility index (Phi) is 11.8. The molecule has 48 heavy (non-hydrogen) atoms. The van der Waals surface area contributed by atoms with Gasteiger partial charge in [0.2, 0.25) is 15.9 Å². The van der Waals surface area contributed by atoms with Gasteiger partial charge in [0.05, 0.1) is 37.9 Å². The van der Waals surface area contributed by atoms with Crippen LogP contribution in [0.4, 0.5) is 0 Å². The van der Waals surface area contributed by atoms with Crippen LogP contribution in [0.3, 0.4) is 0 Å². The molecule has 5 rings (SSSR count). The van der Waals surface area contributed by atoms with Gasteiger partial charge in [0.25, 0.3) is 0 Å². The fourth-order valence-corrected chi connectivity index (χ4v) is 7.79. The van der Waals surface area contributed by atoms with Crippen LogP contribution in [0.2, 0.25) is 0 Å². The number of carbonyl (C=O) groups is 2. The number of nitrogens with one attached hydrogen (secondary N) is 2. The Labute approximate surface area is 282 Å². The molecule has 3 aromatic rings. The van der Waals surface area contributed by atoms with Gasteiger partial charge in [0.1, 0.15) is 5.54 Å². The van der Waals surface area contributed by atoms with Gasteiger partial charge in [-0.25, -0.2) is 8.42 Å². The van der Waals surface area contributed by atoms with Crippen molar-refractivity contribution >= 4 is 38.4 Å². The van der Waals surface area contributed by atoms with Crippen molar-refractivity contribution in [3.05, 3.63) is 78.4 Å². The summed E-state index contributed by atoms with van der Waals surface area (Å²) in [4.78, 5) is 33.2. The summed E-state index contributed by atoms with van der Waals surface area (Å²) < 4.78 is 43.0. The lowest BCUT2D eigenvalue weighted by Crippen LogP contribution is -2.66. The normalized spacial score (nSPS) is 18.7. The number of benzene rings is 3. The van der Waals surface area contributed by atoms with E-state index >= 15 is 0 Å². The summed E-state index contributed by atoms with van der Waals surface area (Å²) in [5.74, 6) is -0.754. The number of ketones is 1. The van der Waals surface area contributed by atoms with Gasteiger partial charge >= 0.3 is 0 Å². The van der Waals surface area contributed by atoms with Gasteiger partial charge in [0, 0.05) is 46.2 Å². The minimum absolute atomic E-state index is 0.00608. The lowest BCUT2D eigenvalue weighted by Gasteiger charge is -2.41. The Morgan fingerprint density at radius 2 is 1.75 bits per heavy atom. The number of piperidine rings is 1. The van der Waals surface area contributed by atoms with Crippen LogP contribution in [-0.4, -0.2) is 112 Å². The largest absolute Gasteiger partial charge is 0.379 e. The first-order valence-corrected chi connectivity index (χ1v) is 17.9. The van der Waals surface area contributed by atoms with Crippen LogP contribution in [-0.2, 0) is 35.7 Å². The van der Waals surface area contributed by atoms with Gasteiger partial charge < -0.3 is 25.0 Å². The molecule has 3 aromatic carbocycles. The van der Waals surface area contributed by atoms with Crippen molar-refractivity contribution in [3.8, 4) is 0 Å². The van der Waals surface area contributed by atoms with E-state index in [0.29, 0.717) is 39.4 Å². The molecule has 0 radical (unpaired) electrons. The summed E-state index contributed by atoms with van der Waals surface area (Å²) >= 11 is 0. The predicted molar refractivity (Wildman–Crippen MR) is 184 cm³/mol. The van der Waals surface area contributed by atoms with Gasteiger partial charge in [-0.05, 0) is 47.2 Å². The second-order valence-corrected chi connectivity index (χ2v) is 14.4. The maximum Gasteiger partial charge on any atom is 0.241 e. The van der Waals surface area contributed by atoms with Gasteiger partial charge in [-0.2, -0.15) is 4.72 Å². The molecular weight excluding hydrogens is 632 g/mol. The Morgan fingerprint density at radius 3 is 2.46 bits per heavy atom. The number of guanidine groups is 1. The average Bonchev–Trinajstić information content (AvgIpc) is 3.08. The van der Waals surface area contributed by atoms with E-state index in [9.17, 15) is 18.0 Å². The zero-order valence-corrected chi connectivity index (χ0v) is 28.3. The zero-order valence-electron chi connectivity index (χ0n) is 27.5. The molecule has 0 aliphatic carbocycles. The highest BCUT2D eigenvalue weighted by atomic mass is 32.2. The van der Waals surface area contributed by atoms with Crippen molar-refractivity contribution in [3.63, 3.8) is 0 Å². The SMILES string of the molecule is CC(=O)N(C[C@@H]1CCCN(C(=N)N)C1)C[C@@](COCc1ccccc1)(NS(=O)(=O)c1ccc2ccccc2c1)C(=O)CN1CCOCC1. The molecule has 12 nitrogen and oxygen atoms in total. The number of rotatable bonds is 14. The summed E-state index contributed by atoms with van der Waals surface area (Å²) in [6.45, 7) is 4.35. The Bertz CT molecular complexity index is 1680. The maximum atomic E-state index is 14.6. The van der Waals surface area contributed by atoms with Gasteiger partial charge in [-0.3, -0.25) is 19.9 Å². The highest BCUT2D eigenvalue weighted by Crippen LogP contribution is 2.25. The molecule has 0 unspecified atom stereocenters. The molecule has 2 aliphatic rings. The molecule has 13 heteroatoms. The molecule has 2 atom stereocenters. The van der Waals surface area contributed by atoms with Crippen molar-refractivity contribution in [2.45, 2.75) is 36.8 Å². The number of ether oxygens (including phenoxy) is 2. The Morgan fingerprint density at radius 1 is 1.04 bits per heavy atom. The molecule has 1 amide bonds. The highest BCUT2D eigenvalue weighted by Gasteiger charge is 2.45. The first-order valence-electron chi connectivity index (χ1n) is 16.4. The number of fused-ring (bicyclic) bond motifs is 1. The van der Waals surface area contributed by atoms with Gasteiger partial charge in [-0.15, -0.1) is 0 Å². The van der Waals surface area contributed by atoms with Crippen LogP contribution < -0.4 is 10.5 Å². The van der Waals surface area contributed by atoms with Gasteiger partial charge in [0.15, 0.2) is 11.7 Å². The monoisotopic (exact) mass is 678 g/mol. The summed E-state index contributed by atoms with van der Waals surface area (Å²) in [7, 11) is -4.30. The fraction of sp³-hybridized carbons (Fsp3) is 0.457. The number of amides is 1. The zero-order chi connectivity index (χ0) is 34.1. The minimum atomic E-state index is -4.30. The van der Waals surface area contributed by atoms with E-state index in [1.165, 1.54) is 13.0 Å². The second kappa shape index (κ2) is 16.0. The topological polar surface area (TPSA) is 158 Å². The van der Waals surface area contributed by atoms with E-state index in [-0.39, 0.29) is 55.5 Å². The first-order chi connectivity index (χ1) is 23.0. The third kappa shape index (κ3) is 9.17. The summed E-state index contributed by atoms with van der Waals surface area (Å²) in [5, 5.41) is 9.54. The lowest BCUT2D eigenvalue weighted by atomic mass is 9.92. The molecule has 0 saturated carbocycles. The third-order valence-corrected chi connectivity index (χ3v) is 10.6. The summed E-state index contributed by atoms with van der Waals surface area (Å²) in [6.07, 6.45) is 1.60. The summed E-state index contributed by atoms with van der Waals surface area (Å²) in [6, 6.07) is 21.7. The molecule has 0 aromatic heterocycles. The smallest absolute Gasteiger partial charge is 0.241 e. The Hall–Kier alpha value is -3.88. The molecule has 258 valence electrons. The molecule has 2 heterocycles. The van der Waals surface area contributed by atoms with E-state index in [0.717, 1.165) is 29.2 Å². The molecule has 2 saturated heterocycles. The quantitative estimate of drug-likeness (QED) is 0.172. The average molecular weight is 679 g/mol. The number of carbonyl (C=O) groups excluding carboxylic acids is 2. The highest BCUT2D eigenvalue weighted by molar-refractivity contribution is 7.89. The lowest BCUT2D eigenvalue weighted by molar-refractivity contribution is -0.136. The van der Waals surface area contributed by atoms with Crippen LogP contribution in [0.25, 0.3) is 10.8 Å². The maximum absolute atomic E-state index is 14.6. The fourth-order valence-electron chi connectivity index (χ4n) is 6.39. The number of nitrogens with two attached hydrogens (primary N) is 1. The van der Waals surface area contributed by atoms with Crippen LogP contribution in [0.15, 0.2) is 77.7 Å². The van der Waals surface area contributed by atoms with E-state index < -0.39 is 21.3 Å². The van der Waals surface area contributed by atoms with E-state index in [1.54, 1.807) is 21.9 Å². The van der Waals surface area contributed by atoms with Gasteiger partial charge in [-0.1, -0.05) is 60.7 Å². The molecule has 4 N–H and O–H groups in total. The number of sulfonamides is 1. The number of Topliss-reactive ketones (excluding diaryl/α,β-unsaturated/α-hetero) is 1. The van der Waals surface area contributed by atoms with E-state index in [4.69, 9.17) is 20.6 Å². The number of nitrogens with zero attached hydrogens (tertiary/aromatic N) is 3. The van der Waals surface area contributed by atoms with Crippen molar-refractivity contribution in [2.75, 3.05) is 65.6 Å². The minimum Gasteiger partial charge on any atom is -0.379 e. The van der Waals surface area contributed by atoms with Crippen LogP contribution in [0.1, 0.15) is 25.3 Å². The number of morpholine rings is 1. The number of likely N-dealkylation sites (tertiary alicyclic amines) is 1. The van der Waals surface area contributed by atoms with Crippen molar-refractivity contribution in [1.82, 2.24) is 19.4 Å². The van der Waals surface area contributed by atoms with E-state index in [2.05, 4.69) is 4.72 Å². The second-order valence-electron chi connectivity index (χ2n) is 12.7. The van der Waals surface area contributed by atoms with Crippen molar-refractivity contribution in [2.24, 2.45) is 11.7 Å². The number of hydrogen-bond donors (Lipinski definition) is 3. The molecule has 2 aliphatic heterocycles. The predicted octanol–water partition coefficient (Wildman–Crippen LogP) is 2.43. The van der Waals surface area contributed by atoms with Crippen LogP contribution >= 0.6 is 0 Å². The van der Waals surface area contributed by atoms with Crippen LogP contribution in [0, 0.1) is 11.3 Å². The molecular formula is C35H46N6O6S. The first kappa shape index (κ1) is 35.4. The van der Waals surface area contributed by atoms with E-state index in [1.807, 2.05) is 59.5 Å². The van der Waals surface area contributed by atoms with Crippen LogP contribution in [0.5, 0.6) is 0 Å². The van der Waals surface area contributed by atoms with Crippen molar-refractivity contribution < 1.29 is 27.5 Å². The Balaban J connectivity index is 1.51. The number of hydrogen-bond acceptors (Lipinski definition) is 8. The van der Waals surface area contributed by atoms with Crippen molar-refractivity contribution in [1.29, 1.82) is 5.41 Å². The summed E-state index contributed by atoms with van der Waals surface area (Å²) in [5.41, 5.74) is 4.83. The third-order valence-electron chi connectivity index (χ3n) is 9.07. The molecule has 0 spiro atoms. The standard InChI is InChI=1S/C35H46N6O6S/c1-27(42)41(22-29-10-7-15-40(21-29)34(36)37)25-35(26-47-24-28-8-3-2-4-9-28,33(43)23-39-16-18-46-19-17-39)38-48(44,45)32-14-13-30-11-5-6-12-31(30)20-32/h2-6,8-9,11-14,20,29,38H,7,10,15-19,21-26H2,1H3,(H3,36,37)/t29-,35+/m1/s1.